The Morgan fingerprint density at radius 1 is 0.500 bits per heavy atom. The highest BCUT2D eigenvalue weighted by atomic mass is 14.9. The van der Waals surface area contributed by atoms with Crippen LogP contribution < -0.4 is 0 Å². The summed E-state index contributed by atoms with van der Waals surface area (Å²) >= 11 is 0. The van der Waals surface area contributed by atoms with Crippen LogP contribution in [-0.4, -0.2) is 15.0 Å². The largest absolute Gasteiger partial charge is 0.256 e. The molecule has 0 fully saturated rings. The SMILES string of the molecule is c1ccc2c(-c3nc(-c4cccc5cccnc45)c4ccccc4n3)cccc2c1. The Bertz CT molecular complexity index is 1540. The Balaban J connectivity index is 1.71. The summed E-state index contributed by atoms with van der Waals surface area (Å²) in [5.41, 5.74) is 4.85. The van der Waals surface area contributed by atoms with Crippen LogP contribution in [0.1, 0.15) is 0 Å². The zero-order chi connectivity index (χ0) is 19.9. The van der Waals surface area contributed by atoms with Gasteiger partial charge in [0.15, 0.2) is 5.82 Å². The Kier molecular flexibility index (Phi) is 3.78. The van der Waals surface area contributed by atoms with Gasteiger partial charge in [-0.1, -0.05) is 84.9 Å². The van der Waals surface area contributed by atoms with Gasteiger partial charge in [0.25, 0.3) is 0 Å². The Morgan fingerprint density at radius 3 is 2.13 bits per heavy atom. The molecule has 2 aromatic heterocycles. The van der Waals surface area contributed by atoms with Gasteiger partial charge in [-0.3, -0.25) is 4.98 Å². The van der Waals surface area contributed by atoms with Crippen LogP contribution in [0.25, 0.3) is 55.2 Å². The van der Waals surface area contributed by atoms with Crippen LogP contribution in [0.5, 0.6) is 0 Å². The lowest BCUT2D eigenvalue weighted by Crippen LogP contribution is -1.96. The molecule has 0 atom stereocenters. The Labute approximate surface area is 173 Å². The maximum Gasteiger partial charge on any atom is 0.161 e. The first-order chi connectivity index (χ1) is 14.9. The summed E-state index contributed by atoms with van der Waals surface area (Å²) in [6.45, 7) is 0. The number of hydrogen-bond acceptors (Lipinski definition) is 3. The van der Waals surface area contributed by atoms with Crippen LogP contribution in [0.3, 0.4) is 0 Å². The molecule has 0 unspecified atom stereocenters. The van der Waals surface area contributed by atoms with Gasteiger partial charge in [0, 0.05) is 28.1 Å². The van der Waals surface area contributed by atoms with E-state index in [0.29, 0.717) is 0 Å². The third-order valence-electron chi connectivity index (χ3n) is 5.52. The molecule has 0 aliphatic heterocycles. The van der Waals surface area contributed by atoms with Crippen molar-refractivity contribution >= 4 is 32.6 Å². The zero-order valence-electron chi connectivity index (χ0n) is 16.2. The molecular formula is C27H17N3. The molecule has 140 valence electrons. The van der Waals surface area contributed by atoms with Crippen molar-refractivity contribution in [2.75, 3.05) is 0 Å². The molecule has 0 amide bonds. The van der Waals surface area contributed by atoms with Gasteiger partial charge in [-0.25, -0.2) is 9.97 Å². The summed E-state index contributed by atoms with van der Waals surface area (Å²) in [5.74, 6) is 0.730. The molecule has 3 heteroatoms. The molecule has 3 nitrogen and oxygen atoms in total. The fraction of sp³-hybridized carbons (Fsp3) is 0. The molecule has 0 bridgehead atoms. The maximum atomic E-state index is 5.09. The number of pyridine rings is 1. The zero-order valence-corrected chi connectivity index (χ0v) is 16.2. The van der Waals surface area contributed by atoms with E-state index >= 15 is 0 Å². The summed E-state index contributed by atoms with van der Waals surface area (Å²) in [7, 11) is 0. The maximum absolute atomic E-state index is 5.09. The smallest absolute Gasteiger partial charge is 0.161 e. The van der Waals surface area contributed by atoms with Crippen molar-refractivity contribution in [1.29, 1.82) is 0 Å². The van der Waals surface area contributed by atoms with E-state index in [0.717, 1.165) is 49.8 Å². The van der Waals surface area contributed by atoms with Crippen molar-refractivity contribution in [3.63, 3.8) is 0 Å². The molecule has 30 heavy (non-hydrogen) atoms. The first-order valence-corrected chi connectivity index (χ1v) is 9.97. The number of para-hydroxylation sites is 2. The molecule has 0 spiro atoms. The van der Waals surface area contributed by atoms with Gasteiger partial charge in [-0.15, -0.1) is 0 Å². The topological polar surface area (TPSA) is 38.7 Å². The lowest BCUT2D eigenvalue weighted by molar-refractivity contribution is 1.23. The number of hydrogen-bond donors (Lipinski definition) is 0. The lowest BCUT2D eigenvalue weighted by Gasteiger charge is -2.12. The van der Waals surface area contributed by atoms with E-state index in [4.69, 9.17) is 9.97 Å². The summed E-state index contributed by atoms with van der Waals surface area (Å²) in [4.78, 5) is 14.7. The van der Waals surface area contributed by atoms with Crippen LogP contribution in [0, 0.1) is 0 Å². The highest BCUT2D eigenvalue weighted by Gasteiger charge is 2.15. The third-order valence-corrected chi connectivity index (χ3v) is 5.52. The second-order valence-corrected chi connectivity index (χ2v) is 7.32. The fourth-order valence-electron chi connectivity index (χ4n) is 4.12. The van der Waals surface area contributed by atoms with E-state index in [1.54, 1.807) is 0 Å². The molecule has 0 radical (unpaired) electrons. The normalized spacial score (nSPS) is 11.3. The number of benzene rings is 4. The average Bonchev–Trinajstić information content (AvgIpc) is 2.82. The minimum Gasteiger partial charge on any atom is -0.256 e. The standard InChI is InChI=1S/C27H17N3/c1-2-12-20-18(8-1)9-5-14-21(20)27-29-24-16-4-3-13-22(24)26(30-27)23-15-6-10-19-11-7-17-28-25(19)23/h1-17H. The fourth-order valence-corrected chi connectivity index (χ4v) is 4.12. The predicted molar refractivity (Wildman–Crippen MR) is 123 cm³/mol. The number of rotatable bonds is 2. The van der Waals surface area contributed by atoms with E-state index in [1.165, 1.54) is 5.39 Å². The minimum absolute atomic E-state index is 0.730. The molecular weight excluding hydrogens is 366 g/mol. The molecule has 2 heterocycles. The van der Waals surface area contributed by atoms with E-state index in [2.05, 4.69) is 77.8 Å². The number of nitrogens with zero attached hydrogens (tertiary/aromatic N) is 3. The summed E-state index contributed by atoms with van der Waals surface area (Å²) in [6.07, 6.45) is 1.83. The van der Waals surface area contributed by atoms with Crippen molar-refractivity contribution in [2.24, 2.45) is 0 Å². The summed E-state index contributed by atoms with van der Waals surface area (Å²) in [6, 6.07) is 33.1. The Hall–Kier alpha value is -4.11. The molecule has 6 aromatic rings. The molecule has 0 aliphatic rings. The predicted octanol–water partition coefficient (Wildman–Crippen LogP) is 6.67. The van der Waals surface area contributed by atoms with Crippen molar-refractivity contribution < 1.29 is 0 Å². The van der Waals surface area contributed by atoms with Crippen LogP contribution in [0.4, 0.5) is 0 Å². The van der Waals surface area contributed by atoms with Gasteiger partial charge in [0.2, 0.25) is 0 Å². The van der Waals surface area contributed by atoms with Crippen molar-refractivity contribution in [2.45, 2.75) is 0 Å². The summed E-state index contributed by atoms with van der Waals surface area (Å²) < 4.78 is 0. The second kappa shape index (κ2) is 6.75. The van der Waals surface area contributed by atoms with E-state index in [9.17, 15) is 0 Å². The highest BCUT2D eigenvalue weighted by Crippen LogP contribution is 2.34. The van der Waals surface area contributed by atoms with Gasteiger partial charge >= 0.3 is 0 Å². The van der Waals surface area contributed by atoms with Gasteiger partial charge in [-0.05, 0) is 22.9 Å². The van der Waals surface area contributed by atoms with Gasteiger partial charge in [0.05, 0.1) is 16.7 Å². The number of fused-ring (bicyclic) bond motifs is 3. The van der Waals surface area contributed by atoms with Crippen LogP contribution in [0.2, 0.25) is 0 Å². The van der Waals surface area contributed by atoms with Crippen molar-refractivity contribution in [3.05, 3.63) is 103 Å². The molecule has 4 aromatic carbocycles. The molecule has 0 N–H and O–H groups in total. The lowest BCUT2D eigenvalue weighted by atomic mass is 10.0. The van der Waals surface area contributed by atoms with E-state index in [-0.39, 0.29) is 0 Å². The first kappa shape index (κ1) is 16.8. The van der Waals surface area contributed by atoms with Crippen LogP contribution >= 0.6 is 0 Å². The third kappa shape index (κ3) is 2.64. The monoisotopic (exact) mass is 383 g/mol. The molecule has 0 saturated carbocycles. The first-order valence-electron chi connectivity index (χ1n) is 9.97. The van der Waals surface area contributed by atoms with Crippen molar-refractivity contribution in [1.82, 2.24) is 15.0 Å². The molecule has 0 saturated heterocycles. The van der Waals surface area contributed by atoms with Crippen molar-refractivity contribution in [3.8, 4) is 22.6 Å². The molecule has 0 aliphatic carbocycles. The van der Waals surface area contributed by atoms with Crippen LogP contribution in [-0.2, 0) is 0 Å². The average molecular weight is 383 g/mol. The molecule has 6 rings (SSSR count). The highest BCUT2D eigenvalue weighted by molar-refractivity contribution is 6.03. The van der Waals surface area contributed by atoms with Gasteiger partial charge < -0.3 is 0 Å². The van der Waals surface area contributed by atoms with E-state index in [1.807, 2.05) is 30.5 Å². The van der Waals surface area contributed by atoms with E-state index < -0.39 is 0 Å². The van der Waals surface area contributed by atoms with Gasteiger partial charge in [-0.2, -0.15) is 0 Å². The van der Waals surface area contributed by atoms with Gasteiger partial charge in [0.1, 0.15) is 0 Å². The summed E-state index contributed by atoms with van der Waals surface area (Å²) in [5, 5.41) is 4.46. The Morgan fingerprint density at radius 2 is 1.20 bits per heavy atom. The quantitative estimate of drug-likeness (QED) is 0.335. The number of aromatic nitrogens is 3. The minimum atomic E-state index is 0.730. The van der Waals surface area contributed by atoms with Crippen LogP contribution in [0.15, 0.2) is 103 Å². The second-order valence-electron chi connectivity index (χ2n) is 7.32.